The fourth-order valence-electron chi connectivity index (χ4n) is 4.68. The summed E-state index contributed by atoms with van der Waals surface area (Å²) in [4.78, 5) is 22.2. The summed E-state index contributed by atoms with van der Waals surface area (Å²) >= 11 is 0. The molecule has 2 N–H and O–H groups in total. The van der Waals surface area contributed by atoms with Gasteiger partial charge in [0.15, 0.2) is 11.5 Å². The van der Waals surface area contributed by atoms with E-state index in [0.717, 1.165) is 43.4 Å². The van der Waals surface area contributed by atoms with Crippen LogP contribution in [0.5, 0.6) is 0 Å². The van der Waals surface area contributed by atoms with Crippen molar-refractivity contribution in [2.75, 3.05) is 11.9 Å². The lowest BCUT2D eigenvalue weighted by Gasteiger charge is -2.19. The number of hydrogen-bond acceptors (Lipinski definition) is 6. The molecule has 168 valence electrons. The highest BCUT2D eigenvalue weighted by Gasteiger charge is 2.32. The molecule has 2 aliphatic carbocycles. The number of nitrogens with zero attached hydrogens (tertiary/aromatic N) is 6. The number of rotatable bonds is 5. The molecule has 0 bridgehead atoms. The van der Waals surface area contributed by atoms with Gasteiger partial charge in [0.05, 0.1) is 12.1 Å². The Morgan fingerprint density at radius 2 is 2.00 bits per heavy atom. The summed E-state index contributed by atoms with van der Waals surface area (Å²) in [7, 11) is 0. The molecule has 10 heteroatoms. The summed E-state index contributed by atoms with van der Waals surface area (Å²) in [5, 5.41) is 11.6. The van der Waals surface area contributed by atoms with Crippen LogP contribution in [0.15, 0.2) is 35.4 Å². The first kappa shape index (κ1) is 19.0. The monoisotopic (exact) mass is 446 g/mol. The Morgan fingerprint density at radius 3 is 2.82 bits per heavy atom. The van der Waals surface area contributed by atoms with Gasteiger partial charge in [-0.25, -0.2) is 18.7 Å². The second-order valence-corrected chi connectivity index (χ2v) is 9.16. The first-order valence-electron chi connectivity index (χ1n) is 11.5. The van der Waals surface area contributed by atoms with E-state index >= 15 is 0 Å². The topological polar surface area (TPSA) is 94.6 Å². The first-order valence-corrected chi connectivity index (χ1v) is 11.5. The van der Waals surface area contributed by atoms with Crippen molar-refractivity contribution in [3.8, 4) is 5.82 Å². The number of nitrogens with one attached hydrogen (secondary N) is 2. The molecule has 3 aromatic heterocycles. The van der Waals surface area contributed by atoms with Gasteiger partial charge in [-0.3, -0.25) is 9.48 Å². The highest BCUT2D eigenvalue weighted by Crippen LogP contribution is 2.37. The van der Waals surface area contributed by atoms with E-state index in [1.807, 2.05) is 27.7 Å². The van der Waals surface area contributed by atoms with E-state index in [-0.39, 0.29) is 17.4 Å². The number of fused-ring (bicyclic) bond motifs is 2. The average molecular weight is 446 g/mol. The number of anilines is 2. The van der Waals surface area contributed by atoms with Gasteiger partial charge in [-0.1, -0.05) is 0 Å². The Bertz CT molecular complexity index is 1460. The third-order valence-electron chi connectivity index (χ3n) is 6.66. The van der Waals surface area contributed by atoms with Crippen molar-refractivity contribution in [1.29, 1.82) is 0 Å². The largest absolute Gasteiger partial charge is 0.324 e. The van der Waals surface area contributed by atoms with E-state index in [4.69, 9.17) is 5.10 Å². The Morgan fingerprint density at radius 1 is 1.15 bits per heavy atom. The van der Waals surface area contributed by atoms with Crippen LogP contribution < -0.4 is 16.2 Å². The van der Waals surface area contributed by atoms with Crippen molar-refractivity contribution in [2.24, 2.45) is 0 Å². The van der Waals surface area contributed by atoms with Crippen LogP contribution in [0.1, 0.15) is 48.9 Å². The van der Waals surface area contributed by atoms with E-state index in [1.165, 1.54) is 6.07 Å². The fourth-order valence-corrected chi connectivity index (χ4v) is 4.68. The van der Waals surface area contributed by atoms with Gasteiger partial charge in [-0.15, -0.1) is 0 Å². The number of hydrogen-bond donors (Lipinski definition) is 2. The highest BCUT2D eigenvalue weighted by molar-refractivity contribution is 5.77. The van der Waals surface area contributed by atoms with Crippen LogP contribution in [0.2, 0.25) is 0 Å². The molecule has 7 rings (SSSR count). The van der Waals surface area contributed by atoms with Crippen LogP contribution in [0, 0.1) is 5.82 Å². The number of aromatic nitrogens is 6. The van der Waals surface area contributed by atoms with Crippen molar-refractivity contribution in [1.82, 2.24) is 34.4 Å². The molecule has 2 saturated carbocycles. The van der Waals surface area contributed by atoms with Gasteiger partial charge in [0.25, 0.3) is 5.56 Å². The van der Waals surface area contributed by atoms with E-state index in [0.29, 0.717) is 47.5 Å². The van der Waals surface area contributed by atoms with Crippen LogP contribution in [0.25, 0.3) is 16.9 Å². The lowest BCUT2D eigenvalue weighted by Crippen LogP contribution is -2.24. The SMILES string of the molecule is O=c1c2cnc(Nc3cc(F)c4c(c3)CNCC4)nc2n(-c2ccn(C3CC3)n2)n1C1CC1. The molecule has 0 atom stereocenters. The molecule has 33 heavy (non-hydrogen) atoms. The molecule has 4 aromatic rings. The van der Waals surface area contributed by atoms with Gasteiger partial charge in [-0.2, -0.15) is 10.1 Å². The molecule has 0 radical (unpaired) electrons. The molecule has 1 aliphatic heterocycles. The second-order valence-electron chi connectivity index (χ2n) is 9.16. The molecule has 1 aromatic carbocycles. The van der Waals surface area contributed by atoms with E-state index in [9.17, 15) is 9.18 Å². The Kier molecular flexibility index (Phi) is 4.02. The van der Waals surface area contributed by atoms with E-state index in [2.05, 4.69) is 20.6 Å². The predicted molar refractivity (Wildman–Crippen MR) is 121 cm³/mol. The lowest BCUT2D eigenvalue weighted by molar-refractivity contribution is 0.541. The molecule has 0 amide bonds. The zero-order chi connectivity index (χ0) is 22.1. The quantitative estimate of drug-likeness (QED) is 0.490. The number of halogens is 1. The zero-order valence-corrected chi connectivity index (χ0v) is 18.0. The first-order chi connectivity index (χ1) is 16.2. The van der Waals surface area contributed by atoms with Crippen molar-refractivity contribution >= 4 is 22.7 Å². The second kappa shape index (κ2) is 6.98. The third kappa shape index (κ3) is 3.16. The van der Waals surface area contributed by atoms with Crippen LogP contribution in [0.4, 0.5) is 16.0 Å². The Hall–Kier alpha value is -3.53. The van der Waals surface area contributed by atoms with Crippen LogP contribution in [-0.4, -0.2) is 35.7 Å². The average Bonchev–Trinajstić information content (AvgIpc) is 3.76. The maximum Gasteiger partial charge on any atom is 0.278 e. The van der Waals surface area contributed by atoms with Gasteiger partial charge >= 0.3 is 0 Å². The summed E-state index contributed by atoms with van der Waals surface area (Å²) in [5.41, 5.74) is 2.68. The van der Waals surface area contributed by atoms with Gasteiger partial charge in [0.1, 0.15) is 11.2 Å². The van der Waals surface area contributed by atoms with Crippen molar-refractivity contribution < 1.29 is 4.39 Å². The zero-order valence-electron chi connectivity index (χ0n) is 18.0. The molecule has 0 saturated heterocycles. The van der Waals surface area contributed by atoms with Crippen molar-refractivity contribution in [3.05, 3.63) is 57.9 Å². The highest BCUT2D eigenvalue weighted by atomic mass is 19.1. The minimum Gasteiger partial charge on any atom is -0.324 e. The summed E-state index contributed by atoms with van der Waals surface area (Å²) in [5.74, 6) is 0.769. The molecular formula is C23H23FN8O. The van der Waals surface area contributed by atoms with E-state index in [1.54, 1.807) is 10.9 Å². The molecule has 9 nitrogen and oxygen atoms in total. The predicted octanol–water partition coefficient (Wildman–Crippen LogP) is 2.98. The standard InChI is InChI=1S/C23H23FN8O/c24-19-10-14(9-13-11-25-7-5-17(13)19)27-23-26-12-18-21(28-23)32(31(22(18)33)16-3-4-16)20-6-8-30(29-20)15-1-2-15/h6,8-10,12,15-16,25H,1-5,7,11H2,(H,26,27,28). The van der Waals surface area contributed by atoms with Gasteiger partial charge in [0.2, 0.25) is 5.95 Å². The summed E-state index contributed by atoms with van der Waals surface area (Å²) < 4.78 is 20.2. The van der Waals surface area contributed by atoms with E-state index < -0.39 is 0 Å². The Balaban J connectivity index is 1.33. The molecule has 2 fully saturated rings. The summed E-state index contributed by atoms with van der Waals surface area (Å²) in [6.07, 6.45) is 8.37. The van der Waals surface area contributed by atoms with Crippen LogP contribution in [-0.2, 0) is 13.0 Å². The maximum absolute atomic E-state index is 14.6. The molecule has 3 aliphatic rings. The lowest BCUT2D eigenvalue weighted by atomic mass is 10.00. The van der Waals surface area contributed by atoms with Crippen LogP contribution in [0.3, 0.4) is 0 Å². The van der Waals surface area contributed by atoms with Gasteiger partial charge in [-0.05, 0) is 61.9 Å². The fraction of sp³-hybridized carbons (Fsp3) is 0.391. The summed E-state index contributed by atoms with van der Waals surface area (Å²) in [6, 6.07) is 5.94. The van der Waals surface area contributed by atoms with Gasteiger partial charge < -0.3 is 10.6 Å². The summed E-state index contributed by atoms with van der Waals surface area (Å²) in [6.45, 7) is 1.41. The van der Waals surface area contributed by atoms with Crippen molar-refractivity contribution in [2.45, 2.75) is 50.7 Å². The maximum atomic E-state index is 14.6. The molecule has 4 heterocycles. The molecule has 0 unspecified atom stereocenters. The molecule has 0 spiro atoms. The smallest absolute Gasteiger partial charge is 0.278 e. The van der Waals surface area contributed by atoms with Crippen LogP contribution >= 0.6 is 0 Å². The van der Waals surface area contributed by atoms with Crippen molar-refractivity contribution in [3.63, 3.8) is 0 Å². The minimum absolute atomic E-state index is 0.106. The number of benzene rings is 1. The molecular weight excluding hydrogens is 423 g/mol. The Labute approximate surface area is 188 Å². The van der Waals surface area contributed by atoms with Gasteiger partial charge in [0, 0.05) is 30.7 Å². The normalized spacial score (nSPS) is 18.0. The third-order valence-corrected chi connectivity index (χ3v) is 6.66. The minimum atomic E-state index is -0.222.